The number of nitrogens with zero attached hydrogens (tertiary/aromatic N) is 1. The van der Waals surface area contributed by atoms with Crippen LogP contribution in [0.25, 0.3) is 21.3 Å². The van der Waals surface area contributed by atoms with Gasteiger partial charge in [-0.2, -0.15) is 0 Å². The lowest BCUT2D eigenvalue weighted by atomic mass is 10.00. The standard InChI is InChI=1S/C21H23ClN2O2S/c1-13-7-15(22)8-18(20(13)26-12-14-3-2-5-23-10-14)17-4-6-24-19-9-16(11-25)27-21(17)19/h4,6-9,14,23,25H,2-3,5,10-12H2,1H3. The lowest BCUT2D eigenvalue weighted by Gasteiger charge is -2.24. The Balaban J connectivity index is 1.74. The van der Waals surface area contributed by atoms with Crippen molar-refractivity contribution < 1.29 is 9.84 Å². The van der Waals surface area contributed by atoms with Crippen LogP contribution in [-0.4, -0.2) is 29.8 Å². The Morgan fingerprint density at radius 3 is 3.00 bits per heavy atom. The first kappa shape index (κ1) is 18.7. The fraction of sp³-hybridized carbons (Fsp3) is 0.381. The molecule has 2 N–H and O–H groups in total. The van der Waals surface area contributed by atoms with Crippen molar-refractivity contribution in [3.8, 4) is 16.9 Å². The lowest BCUT2D eigenvalue weighted by Crippen LogP contribution is -2.33. The molecule has 0 radical (unpaired) electrons. The Kier molecular flexibility index (Phi) is 5.64. The molecule has 1 aromatic carbocycles. The molecule has 1 unspecified atom stereocenters. The quantitative estimate of drug-likeness (QED) is 0.643. The first-order valence-corrected chi connectivity index (χ1v) is 10.5. The van der Waals surface area contributed by atoms with E-state index < -0.39 is 0 Å². The van der Waals surface area contributed by atoms with E-state index in [1.54, 1.807) is 17.5 Å². The molecule has 3 aromatic rings. The molecule has 6 heteroatoms. The number of aryl methyl sites for hydroxylation is 1. The molecule has 2 aromatic heterocycles. The molecule has 142 valence electrons. The molecule has 4 rings (SSSR count). The summed E-state index contributed by atoms with van der Waals surface area (Å²) >= 11 is 7.95. The topological polar surface area (TPSA) is 54.4 Å². The van der Waals surface area contributed by atoms with Crippen LogP contribution < -0.4 is 10.1 Å². The van der Waals surface area contributed by atoms with Crippen LogP contribution in [0.1, 0.15) is 23.3 Å². The van der Waals surface area contributed by atoms with Gasteiger partial charge in [-0.1, -0.05) is 11.6 Å². The predicted molar refractivity (Wildman–Crippen MR) is 112 cm³/mol. The third kappa shape index (κ3) is 3.97. The fourth-order valence-electron chi connectivity index (χ4n) is 3.67. The third-order valence-corrected chi connectivity index (χ3v) is 6.37. The maximum atomic E-state index is 9.50. The summed E-state index contributed by atoms with van der Waals surface area (Å²) in [4.78, 5) is 5.35. The Hall–Kier alpha value is -1.66. The van der Waals surface area contributed by atoms with Gasteiger partial charge in [0.1, 0.15) is 5.75 Å². The van der Waals surface area contributed by atoms with E-state index in [0.29, 0.717) is 17.5 Å². The molecule has 1 saturated heterocycles. The van der Waals surface area contributed by atoms with Gasteiger partial charge in [-0.15, -0.1) is 11.3 Å². The average Bonchev–Trinajstić information content (AvgIpc) is 3.11. The summed E-state index contributed by atoms with van der Waals surface area (Å²) in [5, 5.41) is 13.6. The second kappa shape index (κ2) is 8.15. The molecule has 0 aliphatic carbocycles. The summed E-state index contributed by atoms with van der Waals surface area (Å²) in [7, 11) is 0. The van der Waals surface area contributed by atoms with Crippen LogP contribution >= 0.6 is 22.9 Å². The summed E-state index contributed by atoms with van der Waals surface area (Å²) in [6, 6.07) is 7.86. The van der Waals surface area contributed by atoms with Gasteiger partial charge in [-0.25, -0.2) is 0 Å². The molecule has 0 bridgehead atoms. The number of ether oxygens (including phenoxy) is 1. The average molecular weight is 403 g/mol. The number of aliphatic hydroxyl groups is 1. The van der Waals surface area contributed by atoms with Crippen LogP contribution in [0.2, 0.25) is 5.02 Å². The van der Waals surface area contributed by atoms with Crippen molar-refractivity contribution in [2.24, 2.45) is 5.92 Å². The summed E-state index contributed by atoms with van der Waals surface area (Å²) in [6.07, 6.45) is 4.19. The largest absolute Gasteiger partial charge is 0.492 e. The fourth-order valence-corrected chi connectivity index (χ4v) is 4.94. The zero-order chi connectivity index (χ0) is 18.8. The van der Waals surface area contributed by atoms with E-state index in [1.165, 1.54) is 12.8 Å². The molecule has 0 saturated carbocycles. The maximum absolute atomic E-state index is 9.50. The number of rotatable bonds is 5. The second-order valence-corrected chi connectivity index (χ2v) is 8.64. The van der Waals surface area contributed by atoms with Gasteiger partial charge in [0.05, 0.1) is 23.4 Å². The molecular weight excluding hydrogens is 380 g/mol. The first-order valence-electron chi connectivity index (χ1n) is 9.28. The van der Waals surface area contributed by atoms with Crippen molar-refractivity contribution >= 4 is 33.2 Å². The van der Waals surface area contributed by atoms with Crippen LogP contribution in [0, 0.1) is 12.8 Å². The van der Waals surface area contributed by atoms with Crippen molar-refractivity contribution in [1.82, 2.24) is 10.3 Å². The van der Waals surface area contributed by atoms with Crippen LogP contribution in [0.15, 0.2) is 30.5 Å². The molecular formula is C21H23ClN2O2S. The van der Waals surface area contributed by atoms with Crippen molar-refractivity contribution in [1.29, 1.82) is 0 Å². The van der Waals surface area contributed by atoms with Crippen molar-refractivity contribution in [3.05, 3.63) is 45.9 Å². The highest BCUT2D eigenvalue weighted by molar-refractivity contribution is 7.19. The van der Waals surface area contributed by atoms with Crippen molar-refractivity contribution in [2.75, 3.05) is 19.7 Å². The number of hydrogen-bond donors (Lipinski definition) is 2. The van der Waals surface area contributed by atoms with Crippen LogP contribution in [-0.2, 0) is 6.61 Å². The molecule has 3 heterocycles. The third-order valence-electron chi connectivity index (χ3n) is 5.01. The monoisotopic (exact) mass is 402 g/mol. The van der Waals surface area contributed by atoms with E-state index in [2.05, 4.69) is 10.3 Å². The molecule has 1 fully saturated rings. The smallest absolute Gasteiger partial charge is 0.130 e. The van der Waals surface area contributed by atoms with Gasteiger partial charge in [0.25, 0.3) is 0 Å². The number of thiophene rings is 1. The van der Waals surface area contributed by atoms with E-state index in [-0.39, 0.29) is 6.61 Å². The van der Waals surface area contributed by atoms with Gasteiger partial charge in [-0.05, 0) is 56.1 Å². The van der Waals surface area contributed by atoms with Crippen LogP contribution in [0.5, 0.6) is 5.75 Å². The highest BCUT2D eigenvalue weighted by atomic mass is 35.5. The molecule has 1 aliphatic rings. The number of aliphatic hydroxyl groups excluding tert-OH is 1. The molecule has 0 amide bonds. The number of aromatic nitrogens is 1. The summed E-state index contributed by atoms with van der Waals surface area (Å²) < 4.78 is 7.38. The minimum absolute atomic E-state index is 0.0209. The number of pyridine rings is 1. The lowest BCUT2D eigenvalue weighted by molar-refractivity contribution is 0.218. The van der Waals surface area contributed by atoms with Gasteiger partial charge in [0.2, 0.25) is 0 Å². The first-order chi connectivity index (χ1) is 13.2. The Morgan fingerprint density at radius 1 is 1.33 bits per heavy atom. The molecule has 1 atom stereocenters. The molecule has 4 nitrogen and oxygen atoms in total. The van der Waals surface area contributed by atoms with Crippen molar-refractivity contribution in [3.63, 3.8) is 0 Å². The van der Waals surface area contributed by atoms with Gasteiger partial charge in [-0.3, -0.25) is 4.98 Å². The number of nitrogens with one attached hydrogen (secondary N) is 1. The SMILES string of the molecule is Cc1cc(Cl)cc(-c2ccnc3cc(CO)sc23)c1OCC1CCCNC1. The van der Waals surface area contributed by atoms with E-state index in [9.17, 15) is 5.11 Å². The number of hydrogen-bond acceptors (Lipinski definition) is 5. The second-order valence-electron chi connectivity index (χ2n) is 7.07. The minimum atomic E-state index is 0.0209. The number of halogens is 1. The zero-order valence-electron chi connectivity index (χ0n) is 15.3. The molecule has 27 heavy (non-hydrogen) atoms. The van der Waals surface area contributed by atoms with Gasteiger partial charge in [0.15, 0.2) is 0 Å². The number of fused-ring (bicyclic) bond motifs is 1. The van der Waals surface area contributed by atoms with Crippen LogP contribution in [0.3, 0.4) is 0 Å². The number of benzene rings is 1. The van der Waals surface area contributed by atoms with E-state index in [4.69, 9.17) is 16.3 Å². The summed E-state index contributed by atoms with van der Waals surface area (Å²) in [5.74, 6) is 1.42. The summed E-state index contributed by atoms with van der Waals surface area (Å²) in [5.41, 5.74) is 3.96. The minimum Gasteiger partial charge on any atom is -0.492 e. The number of piperidine rings is 1. The van der Waals surface area contributed by atoms with E-state index >= 15 is 0 Å². The Labute approximate surface area is 168 Å². The normalized spacial score (nSPS) is 17.4. The van der Waals surface area contributed by atoms with E-state index in [1.807, 2.05) is 31.2 Å². The Morgan fingerprint density at radius 2 is 2.22 bits per heavy atom. The molecule has 0 spiro atoms. The summed E-state index contributed by atoms with van der Waals surface area (Å²) in [6.45, 7) is 4.86. The molecule has 1 aliphatic heterocycles. The van der Waals surface area contributed by atoms with Gasteiger partial charge < -0.3 is 15.2 Å². The predicted octanol–water partition coefficient (Wildman–Crippen LogP) is 4.80. The highest BCUT2D eigenvalue weighted by Crippen LogP contribution is 2.41. The van der Waals surface area contributed by atoms with E-state index in [0.717, 1.165) is 50.6 Å². The van der Waals surface area contributed by atoms with Crippen LogP contribution in [0.4, 0.5) is 0 Å². The van der Waals surface area contributed by atoms with Gasteiger partial charge in [0, 0.05) is 39.7 Å². The van der Waals surface area contributed by atoms with Gasteiger partial charge >= 0.3 is 0 Å². The maximum Gasteiger partial charge on any atom is 0.130 e. The zero-order valence-corrected chi connectivity index (χ0v) is 16.9. The van der Waals surface area contributed by atoms with Crippen molar-refractivity contribution in [2.45, 2.75) is 26.4 Å². The Bertz CT molecular complexity index is 951. The highest BCUT2D eigenvalue weighted by Gasteiger charge is 2.19.